The maximum Gasteiger partial charge on any atom is 0.326 e. The molecule has 9 heteroatoms. The zero-order valence-electron chi connectivity index (χ0n) is 28.2. The van der Waals surface area contributed by atoms with E-state index in [0.717, 1.165) is 67.0 Å². The van der Waals surface area contributed by atoms with Gasteiger partial charge in [0.15, 0.2) is 0 Å². The molecule has 0 bridgehead atoms. The number of aryl methyl sites for hydroxylation is 1. The number of benzene rings is 2. The number of hydrogen-bond donors (Lipinski definition) is 2. The van der Waals surface area contributed by atoms with Gasteiger partial charge in [0, 0.05) is 37.1 Å². The van der Waals surface area contributed by atoms with E-state index in [9.17, 15) is 23.1 Å². The van der Waals surface area contributed by atoms with Gasteiger partial charge in [-0.25, -0.2) is 13.2 Å². The molecule has 2 aliphatic carbocycles. The molecule has 46 heavy (non-hydrogen) atoms. The quantitative estimate of drug-likeness (QED) is 0.173. The van der Waals surface area contributed by atoms with Crippen LogP contribution < -0.4 is 5.32 Å². The number of carbonyl (C=O) groups is 2. The van der Waals surface area contributed by atoms with Crippen LogP contribution in [0.15, 0.2) is 42.5 Å². The Morgan fingerprint density at radius 2 is 1.72 bits per heavy atom. The number of nitrogens with one attached hydrogen (secondary N) is 1. The first-order valence-electron chi connectivity index (χ1n) is 17.1. The lowest BCUT2D eigenvalue weighted by atomic mass is 9.84. The summed E-state index contributed by atoms with van der Waals surface area (Å²) in [7, 11) is -3.39. The van der Waals surface area contributed by atoms with Crippen molar-refractivity contribution in [1.82, 2.24) is 10.2 Å². The van der Waals surface area contributed by atoms with E-state index >= 15 is 0 Å². The molecule has 2 atom stereocenters. The van der Waals surface area contributed by atoms with E-state index in [-0.39, 0.29) is 12.2 Å². The van der Waals surface area contributed by atoms with E-state index in [1.807, 2.05) is 37.3 Å². The second-order valence-corrected chi connectivity index (χ2v) is 16.3. The predicted molar refractivity (Wildman–Crippen MR) is 184 cm³/mol. The van der Waals surface area contributed by atoms with Gasteiger partial charge in [-0.1, -0.05) is 76.3 Å². The van der Waals surface area contributed by atoms with Crippen LogP contribution in [0.1, 0.15) is 99.5 Å². The SMILES string of the molecule is Cc1ccccc1-c1cc(CN(C2CC2)C(COCCC(C)C)CC2CCCCC2)ccc1C(=O)NC(CCS(C)(=O)=O)C(=O)O. The third-order valence-electron chi connectivity index (χ3n) is 9.47. The van der Waals surface area contributed by atoms with Crippen LogP contribution in [-0.4, -0.2) is 73.6 Å². The van der Waals surface area contributed by atoms with Gasteiger partial charge in [0.25, 0.3) is 5.91 Å². The summed E-state index contributed by atoms with van der Waals surface area (Å²) < 4.78 is 29.7. The number of hydrogen-bond acceptors (Lipinski definition) is 6. The van der Waals surface area contributed by atoms with Gasteiger partial charge in [0.05, 0.1) is 12.4 Å². The molecule has 4 rings (SSSR count). The first-order chi connectivity index (χ1) is 21.9. The van der Waals surface area contributed by atoms with Gasteiger partial charge in [-0.3, -0.25) is 9.69 Å². The zero-order valence-corrected chi connectivity index (χ0v) is 29.0. The number of carboxylic acids is 1. The van der Waals surface area contributed by atoms with Crippen molar-refractivity contribution in [3.8, 4) is 11.1 Å². The normalized spacial score (nSPS) is 17.3. The van der Waals surface area contributed by atoms with Crippen LogP contribution in [0.5, 0.6) is 0 Å². The average molecular weight is 655 g/mol. The van der Waals surface area contributed by atoms with Crippen molar-refractivity contribution in [2.75, 3.05) is 25.2 Å². The zero-order chi connectivity index (χ0) is 33.3. The first kappa shape index (κ1) is 36.1. The van der Waals surface area contributed by atoms with Gasteiger partial charge < -0.3 is 15.2 Å². The minimum atomic E-state index is -3.39. The van der Waals surface area contributed by atoms with Crippen LogP contribution in [0.4, 0.5) is 0 Å². The molecule has 1 amide bonds. The molecule has 2 N–H and O–H groups in total. The van der Waals surface area contributed by atoms with E-state index in [0.29, 0.717) is 23.6 Å². The van der Waals surface area contributed by atoms with Crippen molar-refractivity contribution in [2.45, 2.75) is 110 Å². The fourth-order valence-corrected chi connectivity index (χ4v) is 7.29. The number of sulfone groups is 1. The monoisotopic (exact) mass is 654 g/mol. The Morgan fingerprint density at radius 1 is 1.00 bits per heavy atom. The van der Waals surface area contributed by atoms with Gasteiger partial charge >= 0.3 is 5.97 Å². The molecular weight excluding hydrogens is 600 g/mol. The maximum atomic E-state index is 13.6. The number of rotatable bonds is 18. The average Bonchev–Trinajstić information content (AvgIpc) is 3.85. The van der Waals surface area contributed by atoms with Crippen LogP contribution in [-0.2, 0) is 25.9 Å². The molecule has 2 saturated carbocycles. The highest BCUT2D eigenvalue weighted by Gasteiger charge is 2.35. The molecule has 254 valence electrons. The molecule has 0 spiro atoms. The molecule has 2 unspecified atom stereocenters. The summed E-state index contributed by atoms with van der Waals surface area (Å²) in [5.74, 6) is -0.776. The highest BCUT2D eigenvalue weighted by Crippen LogP contribution is 2.36. The highest BCUT2D eigenvalue weighted by atomic mass is 32.2. The summed E-state index contributed by atoms with van der Waals surface area (Å²) in [5, 5.41) is 12.3. The van der Waals surface area contributed by atoms with Crippen molar-refractivity contribution < 1.29 is 27.9 Å². The second-order valence-electron chi connectivity index (χ2n) is 14.0. The predicted octanol–water partition coefficient (Wildman–Crippen LogP) is 6.65. The molecule has 0 heterocycles. The molecule has 0 radical (unpaired) electrons. The third-order valence-corrected chi connectivity index (χ3v) is 10.5. The lowest BCUT2D eigenvalue weighted by Crippen LogP contribution is -2.42. The van der Waals surface area contributed by atoms with E-state index in [4.69, 9.17) is 4.74 Å². The summed E-state index contributed by atoms with van der Waals surface area (Å²) in [6.45, 7) is 8.72. The number of carbonyl (C=O) groups excluding carboxylic acids is 1. The van der Waals surface area contributed by atoms with Crippen LogP contribution in [0.25, 0.3) is 11.1 Å². The van der Waals surface area contributed by atoms with Crippen molar-refractivity contribution in [2.24, 2.45) is 11.8 Å². The summed E-state index contributed by atoms with van der Waals surface area (Å²) in [6.07, 6.45) is 12.0. The van der Waals surface area contributed by atoms with Crippen LogP contribution in [0.3, 0.4) is 0 Å². The lowest BCUT2D eigenvalue weighted by molar-refractivity contribution is -0.139. The molecule has 2 fully saturated rings. The molecule has 0 aromatic heterocycles. The Hall–Kier alpha value is -2.75. The summed E-state index contributed by atoms with van der Waals surface area (Å²) in [4.78, 5) is 28.2. The third kappa shape index (κ3) is 11.2. The van der Waals surface area contributed by atoms with Crippen molar-refractivity contribution >= 4 is 21.7 Å². The van der Waals surface area contributed by atoms with Crippen molar-refractivity contribution in [3.63, 3.8) is 0 Å². The fraction of sp³-hybridized carbons (Fsp3) is 0.622. The Kier molecular flexibility index (Phi) is 13.2. The molecule has 0 saturated heterocycles. The van der Waals surface area contributed by atoms with Gasteiger partial charge in [0.2, 0.25) is 0 Å². The minimum Gasteiger partial charge on any atom is -0.480 e. The molecule has 2 aromatic rings. The highest BCUT2D eigenvalue weighted by molar-refractivity contribution is 7.90. The Morgan fingerprint density at radius 3 is 2.35 bits per heavy atom. The molecular formula is C37H54N2O6S. The van der Waals surface area contributed by atoms with Crippen LogP contribution in [0, 0.1) is 18.8 Å². The molecule has 2 aromatic carbocycles. The number of aliphatic carboxylic acids is 1. The topological polar surface area (TPSA) is 113 Å². The summed E-state index contributed by atoms with van der Waals surface area (Å²) >= 11 is 0. The van der Waals surface area contributed by atoms with Crippen molar-refractivity contribution in [3.05, 3.63) is 59.2 Å². The number of carboxylic acid groups (broad SMARTS) is 1. The summed E-state index contributed by atoms with van der Waals surface area (Å²) in [5.41, 5.74) is 4.13. The Balaban J connectivity index is 1.61. The van der Waals surface area contributed by atoms with Gasteiger partial charge in [-0.05, 0) is 85.3 Å². The Bertz CT molecular complexity index is 1410. The number of ether oxygens (including phenoxy) is 1. The van der Waals surface area contributed by atoms with Gasteiger partial charge in [0.1, 0.15) is 15.9 Å². The summed E-state index contributed by atoms with van der Waals surface area (Å²) in [6, 6.07) is 13.3. The van der Waals surface area contributed by atoms with Gasteiger partial charge in [-0.2, -0.15) is 0 Å². The van der Waals surface area contributed by atoms with E-state index < -0.39 is 27.8 Å². The first-order valence-corrected chi connectivity index (χ1v) is 19.2. The lowest BCUT2D eigenvalue weighted by Gasteiger charge is -2.35. The number of nitrogens with zero attached hydrogens (tertiary/aromatic N) is 1. The van der Waals surface area contributed by atoms with Crippen LogP contribution >= 0.6 is 0 Å². The van der Waals surface area contributed by atoms with E-state index in [2.05, 4.69) is 30.1 Å². The van der Waals surface area contributed by atoms with E-state index in [1.54, 1.807) is 6.07 Å². The maximum absolute atomic E-state index is 13.6. The second kappa shape index (κ2) is 16.9. The largest absolute Gasteiger partial charge is 0.480 e. The fourth-order valence-electron chi connectivity index (χ4n) is 6.63. The minimum absolute atomic E-state index is 0.199. The van der Waals surface area contributed by atoms with Crippen molar-refractivity contribution in [1.29, 1.82) is 0 Å². The standard InChI is InChI=1S/C37H54N2O6S/c1-26(2)18-20-45-25-31(22-28-11-6-5-7-12-28)39(30-15-16-30)24-29-14-17-33(34(23-29)32-13-9-8-10-27(32)3)36(40)38-35(37(41)42)19-21-46(4,43)44/h8-10,13-14,17,23,26,28,30-31,35H,5-7,11-12,15-16,18-22,24-25H2,1-4H3,(H,38,40)(H,41,42). The number of amides is 1. The molecule has 8 nitrogen and oxygen atoms in total. The smallest absolute Gasteiger partial charge is 0.326 e. The van der Waals surface area contributed by atoms with Gasteiger partial charge in [-0.15, -0.1) is 0 Å². The Labute approximate surface area is 276 Å². The van der Waals surface area contributed by atoms with Crippen LogP contribution in [0.2, 0.25) is 0 Å². The molecule has 0 aliphatic heterocycles. The van der Waals surface area contributed by atoms with E-state index in [1.165, 1.54) is 44.9 Å². The molecule has 2 aliphatic rings.